The number of rotatable bonds is 4. The van der Waals surface area contributed by atoms with Crippen molar-refractivity contribution in [2.45, 2.75) is 0 Å². The normalized spacial score (nSPS) is 11.0. The molecule has 10 heteroatoms. The van der Waals surface area contributed by atoms with Crippen LogP contribution in [0.2, 0.25) is 0 Å². The van der Waals surface area contributed by atoms with E-state index in [0.29, 0.717) is 11.5 Å². The topological polar surface area (TPSA) is 103 Å². The van der Waals surface area contributed by atoms with Crippen LogP contribution >= 0.6 is 11.3 Å². The van der Waals surface area contributed by atoms with Crippen LogP contribution in [0.1, 0.15) is 10.5 Å². The van der Waals surface area contributed by atoms with E-state index in [1.165, 1.54) is 17.3 Å². The first-order valence-electron chi connectivity index (χ1n) is 8.29. The molecule has 0 aliphatic carbocycles. The number of carbonyl (C=O) groups is 1. The maximum Gasteiger partial charge on any atom is 0.276 e. The molecule has 1 aromatic carbocycles. The lowest BCUT2D eigenvalue weighted by atomic mass is 10.1. The number of hydrogen-bond donors (Lipinski definition) is 1. The van der Waals surface area contributed by atoms with Crippen LogP contribution in [0.4, 0.5) is 5.69 Å². The fourth-order valence-electron chi connectivity index (χ4n) is 2.68. The van der Waals surface area contributed by atoms with Gasteiger partial charge in [0, 0.05) is 29.0 Å². The molecule has 1 amide bonds. The van der Waals surface area contributed by atoms with Crippen molar-refractivity contribution in [2.24, 2.45) is 0 Å². The predicted octanol–water partition coefficient (Wildman–Crippen LogP) is 2.69. The largest absolute Gasteiger partial charge is 0.321 e. The van der Waals surface area contributed by atoms with Gasteiger partial charge in [0.15, 0.2) is 16.5 Å². The second-order valence-electron chi connectivity index (χ2n) is 5.87. The highest BCUT2D eigenvalue weighted by Gasteiger charge is 2.10. The Morgan fingerprint density at radius 3 is 2.68 bits per heavy atom. The van der Waals surface area contributed by atoms with Crippen molar-refractivity contribution in [2.75, 3.05) is 5.32 Å². The summed E-state index contributed by atoms with van der Waals surface area (Å²) in [4.78, 5) is 21.8. The Balaban J connectivity index is 1.30. The first-order valence-corrected chi connectivity index (χ1v) is 9.17. The number of thiazole rings is 1. The molecule has 5 rings (SSSR count). The average Bonchev–Trinajstić information content (AvgIpc) is 3.46. The van der Waals surface area contributed by atoms with Crippen molar-refractivity contribution in [3.05, 3.63) is 72.5 Å². The number of nitrogens with one attached hydrogen (secondary N) is 1. The molecule has 5 aromatic rings. The minimum atomic E-state index is -0.340. The zero-order valence-electron chi connectivity index (χ0n) is 14.3. The summed E-state index contributed by atoms with van der Waals surface area (Å²) in [5.74, 6) is 0.145. The summed E-state index contributed by atoms with van der Waals surface area (Å²) in [5.41, 5.74) is 2.74. The molecule has 0 atom stereocenters. The van der Waals surface area contributed by atoms with Gasteiger partial charge in [0.25, 0.3) is 5.91 Å². The third-order valence-corrected chi connectivity index (χ3v) is 4.84. The monoisotopic (exact) mass is 388 g/mol. The molecule has 0 spiro atoms. The first kappa shape index (κ1) is 16.3. The summed E-state index contributed by atoms with van der Waals surface area (Å²) in [6.07, 6.45) is 6.86. The van der Waals surface area contributed by atoms with Crippen LogP contribution in [0.5, 0.6) is 0 Å². The molecule has 0 aliphatic rings. The second-order valence-corrected chi connectivity index (χ2v) is 6.74. The molecule has 0 unspecified atom stereocenters. The molecule has 0 saturated heterocycles. The number of carbonyl (C=O) groups excluding carboxylic acids is 1. The Labute approximate surface area is 162 Å². The van der Waals surface area contributed by atoms with Crippen LogP contribution < -0.4 is 5.32 Å². The van der Waals surface area contributed by atoms with Crippen molar-refractivity contribution in [3.8, 4) is 17.1 Å². The lowest BCUT2D eigenvalue weighted by Crippen LogP contribution is -2.15. The maximum absolute atomic E-state index is 12.4. The molecule has 0 radical (unpaired) electrons. The van der Waals surface area contributed by atoms with Crippen LogP contribution in [-0.2, 0) is 0 Å². The number of benzene rings is 1. The van der Waals surface area contributed by atoms with E-state index in [0.717, 1.165) is 16.2 Å². The second kappa shape index (κ2) is 6.67. The minimum absolute atomic E-state index is 0.210. The molecule has 1 N–H and O–H groups in total. The zero-order valence-corrected chi connectivity index (χ0v) is 15.1. The maximum atomic E-state index is 12.4. The van der Waals surface area contributed by atoms with Crippen molar-refractivity contribution in [1.82, 2.24) is 34.3 Å². The molecule has 0 fully saturated rings. The van der Waals surface area contributed by atoms with E-state index in [-0.39, 0.29) is 11.6 Å². The quantitative estimate of drug-likeness (QED) is 0.508. The molecule has 0 bridgehead atoms. The van der Waals surface area contributed by atoms with Gasteiger partial charge in [-0.25, -0.2) is 14.6 Å². The highest BCUT2D eigenvalue weighted by Crippen LogP contribution is 2.23. The minimum Gasteiger partial charge on any atom is -0.321 e. The number of hydrogen-bond acceptors (Lipinski definition) is 7. The molecule has 0 saturated carbocycles. The van der Waals surface area contributed by atoms with Gasteiger partial charge in [-0.2, -0.15) is 5.10 Å². The number of amides is 1. The van der Waals surface area contributed by atoms with Gasteiger partial charge in [-0.1, -0.05) is 12.1 Å². The third kappa shape index (κ3) is 3.01. The summed E-state index contributed by atoms with van der Waals surface area (Å²) in [6.45, 7) is 0. The lowest BCUT2D eigenvalue weighted by molar-refractivity contribution is 0.102. The highest BCUT2D eigenvalue weighted by atomic mass is 32.1. The number of aromatic nitrogens is 7. The highest BCUT2D eigenvalue weighted by molar-refractivity contribution is 7.15. The van der Waals surface area contributed by atoms with E-state index in [1.807, 2.05) is 46.4 Å². The van der Waals surface area contributed by atoms with Crippen LogP contribution in [-0.4, -0.2) is 40.3 Å². The molecule has 4 heterocycles. The van der Waals surface area contributed by atoms with E-state index < -0.39 is 0 Å². The van der Waals surface area contributed by atoms with Gasteiger partial charge in [-0.3, -0.25) is 9.20 Å². The van der Waals surface area contributed by atoms with Crippen molar-refractivity contribution >= 4 is 27.9 Å². The zero-order chi connectivity index (χ0) is 18.9. The van der Waals surface area contributed by atoms with E-state index in [1.54, 1.807) is 23.5 Å². The Kier molecular flexibility index (Phi) is 3.87. The van der Waals surface area contributed by atoms with E-state index >= 15 is 0 Å². The summed E-state index contributed by atoms with van der Waals surface area (Å²) in [7, 11) is 0. The summed E-state index contributed by atoms with van der Waals surface area (Å²) in [5, 5.41) is 16.7. The fourth-order valence-corrected chi connectivity index (χ4v) is 3.38. The van der Waals surface area contributed by atoms with Gasteiger partial charge >= 0.3 is 0 Å². The lowest BCUT2D eigenvalue weighted by Gasteiger charge is -2.05. The first-order chi connectivity index (χ1) is 13.8. The van der Waals surface area contributed by atoms with E-state index in [2.05, 4.69) is 30.6 Å². The van der Waals surface area contributed by atoms with Gasteiger partial charge in [0.2, 0.25) is 0 Å². The smallest absolute Gasteiger partial charge is 0.276 e. The number of fused-ring (bicyclic) bond motifs is 1. The van der Waals surface area contributed by atoms with Crippen LogP contribution in [0.25, 0.3) is 22.0 Å². The predicted molar refractivity (Wildman–Crippen MR) is 103 cm³/mol. The summed E-state index contributed by atoms with van der Waals surface area (Å²) in [6, 6.07) is 10.7. The molecule has 136 valence electrons. The van der Waals surface area contributed by atoms with E-state index in [9.17, 15) is 4.79 Å². The van der Waals surface area contributed by atoms with Gasteiger partial charge in [-0.05, 0) is 24.3 Å². The van der Waals surface area contributed by atoms with Gasteiger partial charge in [0.05, 0.1) is 5.69 Å². The molecule has 0 aliphatic heterocycles. The van der Waals surface area contributed by atoms with Crippen molar-refractivity contribution in [3.63, 3.8) is 0 Å². The Hall–Kier alpha value is -3.92. The number of nitrogens with zero attached hydrogens (tertiary/aromatic N) is 7. The van der Waals surface area contributed by atoms with E-state index in [4.69, 9.17) is 0 Å². The van der Waals surface area contributed by atoms with Gasteiger partial charge < -0.3 is 5.32 Å². The SMILES string of the molecule is O=C(Nc1ccc(-c2cn3ccsc3n2)cc1)c1ccc(-n2cncn2)nn1. The van der Waals surface area contributed by atoms with Crippen LogP contribution in [0.3, 0.4) is 0 Å². The summed E-state index contributed by atoms with van der Waals surface area (Å²) >= 11 is 1.59. The number of imidazole rings is 1. The third-order valence-electron chi connectivity index (χ3n) is 4.07. The van der Waals surface area contributed by atoms with Gasteiger partial charge in [-0.15, -0.1) is 21.5 Å². The molecule has 9 nitrogen and oxygen atoms in total. The Morgan fingerprint density at radius 1 is 1.07 bits per heavy atom. The standard InChI is InChI=1S/C18H12N8OS/c27-17(14-5-6-16(24-23-14)26-11-19-10-20-26)21-13-3-1-12(2-4-13)15-9-25-7-8-28-18(25)22-15/h1-11H,(H,21,27). The number of anilines is 1. The van der Waals surface area contributed by atoms with Crippen LogP contribution in [0.15, 0.2) is 66.8 Å². The average molecular weight is 388 g/mol. The molecule has 28 heavy (non-hydrogen) atoms. The van der Waals surface area contributed by atoms with Gasteiger partial charge in [0.1, 0.15) is 12.7 Å². The fraction of sp³-hybridized carbons (Fsp3) is 0. The Morgan fingerprint density at radius 2 is 1.96 bits per heavy atom. The van der Waals surface area contributed by atoms with Crippen LogP contribution in [0, 0.1) is 0 Å². The molecule has 4 aromatic heterocycles. The van der Waals surface area contributed by atoms with Crippen molar-refractivity contribution in [1.29, 1.82) is 0 Å². The Bertz CT molecular complexity index is 1210. The summed E-state index contributed by atoms with van der Waals surface area (Å²) < 4.78 is 3.45. The molecular weight excluding hydrogens is 376 g/mol. The molecular formula is C18H12N8OS. The van der Waals surface area contributed by atoms with Crippen molar-refractivity contribution < 1.29 is 4.79 Å².